The van der Waals surface area contributed by atoms with Gasteiger partial charge in [0.2, 0.25) is 0 Å². The molecule has 52 heavy (non-hydrogen) atoms. The van der Waals surface area contributed by atoms with Crippen LogP contribution in [0.1, 0.15) is 108 Å². The number of aryl methyl sites for hydroxylation is 4. The Balaban J connectivity index is 0.000000264. The summed E-state index contributed by atoms with van der Waals surface area (Å²) >= 11 is 1.81. The average molecular weight is 891 g/mol. The van der Waals surface area contributed by atoms with Crippen LogP contribution in [0.15, 0.2) is 66.1 Å². The van der Waals surface area contributed by atoms with E-state index in [1.54, 1.807) is 6.92 Å². The number of pyridine rings is 1. The molecule has 6 aromatic rings. The molecule has 0 aliphatic carbocycles. The summed E-state index contributed by atoms with van der Waals surface area (Å²) < 4.78 is 3.57. The molecule has 3 aromatic carbocycles. The number of para-hydroxylation sites is 1. The minimum absolute atomic E-state index is 0. The van der Waals surface area contributed by atoms with E-state index in [-0.39, 0.29) is 37.7 Å². The summed E-state index contributed by atoms with van der Waals surface area (Å²) in [7, 11) is 0. The van der Waals surface area contributed by atoms with Crippen molar-refractivity contribution >= 4 is 48.3 Å². The van der Waals surface area contributed by atoms with Crippen molar-refractivity contribution in [2.24, 2.45) is 11.8 Å². The number of aliphatic hydroxyl groups is 1. The number of thiophene rings is 1. The zero-order chi connectivity index (χ0) is 36.6. The number of imidazole rings is 1. The molecule has 275 valence electrons. The van der Waals surface area contributed by atoms with Crippen LogP contribution in [-0.4, -0.2) is 25.4 Å². The van der Waals surface area contributed by atoms with Gasteiger partial charge in [-0.25, -0.2) is 4.98 Å². The Morgan fingerprint density at radius 3 is 2.27 bits per heavy atom. The van der Waals surface area contributed by atoms with Crippen LogP contribution in [0.3, 0.4) is 0 Å². The third-order valence-electron chi connectivity index (χ3n) is 11.0. The first-order valence-electron chi connectivity index (χ1n) is 18.8. The zero-order valence-corrected chi connectivity index (χ0v) is 35.3. The number of ketones is 1. The number of aromatic nitrogens is 3. The van der Waals surface area contributed by atoms with Crippen molar-refractivity contribution in [3.8, 4) is 16.9 Å². The molecule has 1 N–H and O–H groups in total. The quantitative estimate of drug-likeness (QED) is 0.0892. The third-order valence-corrected chi connectivity index (χ3v) is 12.2. The van der Waals surface area contributed by atoms with Gasteiger partial charge in [0, 0.05) is 65.9 Å². The van der Waals surface area contributed by atoms with Gasteiger partial charge in [0.05, 0.1) is 5.69 Å². The van der Waals surface area contributed by atoms with E-state index in [9.17, 15) is 9.90 Å². The Bertz CT molecular complexity index is 2270. The number of hydrogen-bond donors (Lipinski definition) is 1. The first-order valence-corrected chi connectivity index (χ1v) is 19.6. The minimum Gasteiger partial charge on any atom is -0.512 e. The molecular weight excluding hydrogens is 839 g/mol. The summed E-state index contributed by atoms with van der Waals surface area (Å²) in [6.45, 7) is 18.8. The van der Waals surface area contributed by atoms with Gasteiger partial charge >= 0.3 is 0 Å². The molecule has 0 amide bonds. The van der Waals surface area contributed by atoms with Gasteiger partial charge < -0.3 is 5.11 Å². The number of carbonyl (C=O) groups excluding carboxylic acids is 1. The Morgan fingerprint density at radius 1 is 0.923 bits per heavy atom. The Morgan fingerprint density at radius 2 is 1.60 bits per heavy atom. The third kappa shape index (κ3) is 7.29. The van der Waals surface area contributed by atoms with Crippen molar-refractivity contribution < 1.29 is 30.0 Å². The van der Waals surface area contributed by atoms with Gasteiger partial charge in [-0.05, 0) is 76.5 Å². The van der Waals surface area contributed by atoms with Gasteiger partial charge in [-0.2, -0.15) is 0 Å². The van der Waals surface area contributed by atoms with E-state index in [1.807, 2.05) is 45.2 Å². The molecule has 7 heteroatoms. The SMILES string of the molecule is CCC(CC)C(=O)/C(C)=C(\O)C(CC)CC.Cc1cc2[c-]c(-c3nccc4c3sc3c4nc4n3-c3ccccc3CC4)cc(C(C)C)c2cc1C.[Ir]. The van der Waals surface area contributed by atoms with Crippen LogP contribution in [0, 0.1) is 31.7 Å². The average Bonchev–Trinajstić information content (AvgIpc) is 3.69. The number of carbonyl (C=O) groups is 1. The van der Waals surface area contributed by atoms with Gasteiger partial charge in [-0.15, -0.1) is 40.5 Å². The Hall–Kier alpha value is -3.64. The van der Waals surface area contributed by atoms with Crippen LogP contribution in [0.2, 0.25) is 0 Å². The van der Waals surface area contributed by atoms with Gasteiger partial charge in [0.25, 0.3) is 0 Å². The normalized spacial score (nSPS) is 12.9. The molecule has 1 radical (unpaired) electrons. The van der Waals surface area contributed by atoms with Crippen LogP contribution in [0.5, 0.6) is 0 Å². The molecule has 7 rings (SSSR count). The van der Waals surface area contributed by atoms with E-state index in [4.69, 9.17) is 9.97 Å². The first kappa shape index (κ1) is 39.6. The van der Waals surface area contributed by atoms with E-state index < -0.39 is 0 Å². The second-order valence-corrected chi connectivity index (χ2v) is 15.5. The predicted octanol–water partition coefficient (Wildman–Crippen LogP) is 12.4. The van der Waals surface area contributed by atoms with E-state index in [0.29, 0.717) is 17.3 Å². The number of rotatable bonds is 9. The van der Waals surface area contributed by atoms with E-state index in [0.717, 1.165) is 61.1 Å². The topological polar surface area (TPSA) is 68.0 Å². The summed E-state index contributed by atoms with van der Waals surface area (Å²) in [6, 6.07) is 21.5. The molecule has 4 heterocycles. The number of benzene rings is 3. The smallest absolute Gasteiger partial charge is 0.164 e. The molecule has 0 saturated carbocycles. The molecule has 0 unspecified atom stereocenters. The Labute approximate surface area is 326 Å². The fraction of sp³-hybridized carbons (Fsp3) is 0.400. The number of Topliss-reactive ketones (excluding diaryl/α,β-unsaturated/α-hetero) is 1. The molecule has 5 nitrogen and oxygen atoms in total. The van der Waals surface area contributed by atoms with Crippen molar-refractivity contribution in [3.63, 3.8) is 0 Å². The summed E-state index contributed by atoms with van der Waals surface area (Å²) in [5, 5.41) is 13.7. The maximum atomic E-state index is 12.1. The molecule has 0 bridgehead atoms. The van der Waals surface area contributed by atoms with Crippen LogP contribution < -0.4 is 0 Å². The number of nitrogens with zero attached hydrogens (tertiary/aromatic N) is 3. The van der Waals surface area contributed by atoms with Gasteiger partial charge in [0.1, 0.15) is 21.9 Å². The second kappa shape index (κ2) is 16.6. The number of hydrogen-bond acceptors (Lipinski definition) is 5. The van der Waals surface area contributed by atoms with Crippen molar-refractivity contribution in [3.05, 3.63) is 100 Å². The van der Waals surface area contributed by atoms with Crippen LogP contribution in [0.4, 0.5) is 0 Å². The maximum Gasteiger partial charge on any atom is 0.164 e. The molecule has 1 aliphatic heterocycles. The second-order valence-electron chi connectivity index (χ2n) is 14.5. The van der Waals surface area contributed by atoms with Crippen molar-refractivity contribution in [1.82, 2.24) is 14.5 Å². The van der Waals surface area contributed by atoms with Crippen LogP contribution in [-0.2, 0) is 37.7 Å². The van der Waals surface area contributed by atoms with E-state index in [1.165, 1.54) is 53.6 Å². The standard InChI is InChI=1S/C31H26N3S.C14H26O2.Ir/c1-17(2)24-16-22(15-21-13-18(3)19(4)14-25(21)24)28-30-23(11-12-32-28)29-31(35-30)34-26-8-6-5-7-20(26)9-10-27(34)33-29;1-6-11(7-2)13(15)10(5)14(16)12(8-3)9-4;/h5-8,11-14,16-17H,9-10H2,1-4H3;11-12,15H,6-9H2,1-5H3;/q-1;;/b;13-10-;. The molecular formula is C45H52IrN3O2S-. The van der Waals surface area contributed by atoms with Crippen molar-refractivity contribution in [1.29, 1.82) is 0 Å². The minimum atomic E-state index is 0. The largest absolute Gasteiger partial charge is 0.512 e. The van der Waals surface area contributed by atoms with Gasteiger partial charge in [0.15, 0.2) is 5.78 Å². The fourth-order valence-corrected chi connectivity index (χ4v) is 8.88. The van der Waals surface area contributed by atoms with Crippen LogP contribution in [0.25, 0.3) is 48.2 Å². The molecule has 0 atom stereocenters. The summed E-state index contributed by atoms with van der Waals surface area (Å²) in [5.41, 5.74) is 10.4. The van der Waals surface area contributed by atoms with Gasteiger partial charge in [-0.1, -0.05) is 87.9 Å². The van der Waals surface area contributed by atoms with Crippen LogP contribution >= 0.6 is 11.3 Å². The molecule has 0 saturated heterocycles. The fourth-order valence-electron chi connectivity index (χ4n) is 7.60. The predicted molar refractivity (Wildman–Crippen MR) is 215 cm³/mol. The number of aliphatic hydroxyl groups excluding tert-OH is 1. The number of allylic oxidation sites excluding steroid dienone is 2. The van der Waals surface area contributed by atoms with Crippen molar-refractivity contribution in [2.75, 3.05) is 0 Å². The van der Waals surface area contributed by atoms with Gasteiger partial charge in [-0.3, -0.25) is 14.3 Å². The monoisotopic (exact) mass is 891 g/mol. The molecule has 1 aliphatic rings. The maximum absolute atomic E-state index is 12.1. The molecule has 3 aromatic heterocycles. The summed E-state index contributed by atoms with van der Waals surface area (Å²) in [5.74, 6) is 2.21. The van der Waals surface area contributed by atoms with E-state index in [2.05, 4.69) is 86.9 Å². The van der Waals surface area contributed by atoms with E-state index >= 15 is 0 Å². The summed E-state index contributed by atoms with van der Waals surface area (Å²) in [6.07, 6.45) is 7.43. The molecule has 0 spiro atoms. The Kier molecular flexibility index (Phi) is 12.6. The zero-order valence-electron chi connectivity index (χ0n) is 32.1. The first-order chi connectivity index (χ1) is 24.5. The molecule has 0 fully saturated rings. The number of fused-ring (bicyclic) bond motifs is 8. The van der Waals surface area contributed by atoms with Crippen molar-refractivity contribution in [2.45, 2.75) is 107 Å². The summed E-state index contributed by atoms with van der Waals surface area (Å²) in [4.78, 5) is 23.3.